The highest BCUT2D eigenvalue weighted by molar-refractivity contribution is 6.04. The molecule has 2 aromatic rings. The zero-order valence-electron chi connectivity index (χ0n) is 14.0. The fraction of sp³-hybridized carbons (Fsp3) is 0.471. The second kappa shape index (κ2) is 6.30. The van der Waals surface area contributed by atoms with Crippen molar-refractivity contribution in [2.75, 3.05) is 11.4 Å². The number of amides is 1. The van der Waals surface area contributed by atoms with Crippen molar-refractivity contribution in [1.82, 2.24) is 14.8 Å². The molecule has 1 amide bonds. The molecule has 0 saturated heterocycles. The van der Waals surface area contributed by atoms with Crippen molar-refractivity contribution < 1.29 is 4.79 Å². The van der Waals surface area contributed by atoms with Gasteiger partial charge < -0.3 is 0 Å². The molecule has 2 rings (SSSR count). The molecule has 0 saturated carbocycles. The first kappa shape index (κ1) is 16.2. The van der Waals surface area contributed by atoms with Gasteiger partial charge in [0, 0.05) is 19.3 Å². The summed E-state index contributed by atoms with van der Waals surface area (Å²) in [4.78, 5) is 19.1. The molecule has 5 heteroatoms. The van der Waals surface area contributed by atoms with Crippen molar-refractivity contribution in [3.05, 3.63) is 41.9 Å². The van der Waals surface area contributed by atoms with E-state index in [-0.39, 0.29) is 11.3 Å². The van der Waals surface area contributed by atoms with Crippen molar-refractivity contribution in [1.29, 1.82) is 0 Å². The number of aromatic nitrogens is 3. The van der Waals surface area contributed by atoms with Gasteiger partial charge in [-0.2, -0.15) is 5.10 Å². The predicted octanol–water partition coefficient (Wildman–Crippen LogP) is 3.30. The Hall–Kier alpha value is -2.17. The summed E-state index contributed by atoms with van der Waals surface area (Å²) in [5.74, 6) is 0.611. The zero-order chi connectivity index (χ0) is 16.3. The minimum absolute atomic E-state index is 0.0285. The standard InChI is InChI=1S/C17H24N4O/c1-6-21-14(11-13(2)19-21)16(22)20(12-17(3,4)5)15-9-7-8-10-18-15/h7-11H,6,12H2,1-5H3. The molecule has 0 aliphatic carbocycles. The second-order valence-electron chi connectivity index (χ2n) is 6.63. The van der Waals surface area contributed by atoms with Gasteiger partial charge in [0.15, 0.2) is 0 Å². The molecule has 22 heavy (non-hydrogen) atoms. The van der Waals surface area contributed by atoms with Crippen LogP contribution in [-0.4, -0.2) is 27.2 Å². The zero-order valence-corrected chi connectivity index (χ0v) is 14.0. The molecule has 2 aromatic heterocycles. The summed E-state index contributed by atoms with van der Waals surface area (Å²) in [5.41, 5.74) is 1.43. The lowest BCUT2D eigenvalue weighted by atomic mass is 9.96. The van der Waals surface area contributed by atoms with E-state index in [0.29, 0.717) is 24.6 Å². The van der Waals surface area contributed by atoms with Crippen LogP contribution in [0, 0.1) is 12.3 Å². The first-order valence-corrected chi connectivity index (χ1v) is 7.59. The van der Waals surface area contributed by atoms with Gasteiger partial charge in [-0.15, -0.1) is 0 Å². The molecule has 0 atom stereocenters. The van der Waals surface area contributed by atoms with Crippen LogP contribution in [0.5, 0.6) is 0 Å². The van der Waals surface area contributed by atoms with Crippen LogP contribution in [-0.2, 0) is 6.54 Å². The first-order valence-electron chi connectivity index (χ1n) is 7.59. The van der Waals surface area contributed by atoms with E-state index in [2.05, 4.69) is 30.9 Å². The van der Waals surface area contributed by atoms with Crippen LogP contribution in [0.3, 0.4) is 0 Å². The lowest BCUT2D eigenvalue weighted by Gasteiger charge is -2.29. The highest BCUT2D eigenvalue weighted by Gasteiger charge is 2.26. The Morgan fingerprint density at radius 2 is 2.05 bits per heavy atom. The lowest BCUT2D eigenvalue weighted by molar-refractivity contribution is 0.0966. The van der Waals surface area contributed by atoms with Crippen LogP contribution in [0.15, 0.2) is 30.5 Å². The molecule has 0 aliphatic heterocycles. The summed E-state index contributed by atoms with van der Waals surface area (Å²) in [6.45, 7) is 11.5. The van der Waals surface area contributed by atoms with Crippen molar-refractivity contribution in [3.63, 3.8) is 0 Å². The molecule has 118 valence electrons. The maximum atomic E-state index is 13.0. The van der Waals surface area contributed by atoms with Crippen LogP contribution in [0.4, 0.5) is 5.82 Å². The molecule has 0 unspecified atom stereocenters. The minimum Gasteiger partial charge on any atom is -0.291 e. The summed E-state index contributed by atoms with van der Waals surface area (Å²) in [6.07, 6.45) is 1.71. The van der Waals surface area contributed by atoms with Gasteiger partial charge in [0.1, 0.15) is 11.5 Å². The fourth-order valence-electron chi connectivity index (χ4n) is 2.34. The van der Waals surface area contributed by atoms with Gasteiger partial charge >= 0.3 is 0 Å². The highest BCUT2D eigenvalue weighted by atomic mass is 16.2. The van der Waals surface area contributed by atoms with Crippen molar-refractivity contribution in [2.45, 2.75) is 41.2 Å². The van der Waals surface area contributed by atoms with Crippen LogP contribution in [0.25, 0.3) is 0 Å². The SMILES string of the molecule is CCn1nc(C)cc1C(=O)N(CC(C)(C)C)c1ccccn1. The monoisotopic (exact) mass is 300 g/mol. The van der Waals surface area contributed by atoms with E-state index < -0.39 is 0 Å². The average molecular weight is 300 g/mol. The second-order valence-corrected chi connectivity index (χ2v) is 6.63. The van der Waals surface area contributed by atoms with E-state index in [0.717, 1.165) is 5.69 Å². The van der Waals surface area contributed by atoms with Crippen molar-refractivity contribution in [2.24, 2.45) is 5.41 Å². The maximum absolute atomic E-state index is 13.0. The number of carbonyl (C=O) groups excluding carboxylic acids is 1. The van der Waals surface area contributed by atoms with Gasteiger partial charge in [-0.25, -0.2) is 4.98 Å². The predicted molar refractivity (Wildman–Crippen MR) is 88.0 cm³/mol. The van der Waals surface area contributed by atoms with Crippen molar-refractivity contribution >= 4 is 11.7 Å². The molecule has 2 heterocycles. The summed E-state index contributed by atoms with van der Waals surface area (Å²) >= 11 is 0. The Morgan fingerprint density at radius 1 is 1.32 bits per heavy atom. The van der Waals surface area contributed by atoms with Gasteiger partial charge in [-0.05, 0) is 37.5 Å². The number of nitrogens with zero attached hydrogens (tertiary/aromatic N) is 4. The fourth-order valence-corrected chi connectivity index (χ4v) is 2.34. The summed E-state index contributed by atoms with van der Waals surface area (Å²) < 4.78 is 1.75. The molecule has 0 N–H and O–H groups in total. The summed E-state index contributed by atoms with van der Waals surface area (Å²) in [6, 6.07) is 7.45. The average Bonchev–Trinajstić information content (AvgIpc) is 2.85. The van der Waals surface area contributed by atoms with Crippen LogP contribution in [0.1, 0.15) is 43.9 Å². The maximum Gasteiger partial charge on any atom is 0.277 e. The molecule has 5 nitrogen and oxygen atoms in total. The highest BCUT2D eigenvalue weighted by Crippen LogP contribution is 2.22. The Labute approximate surface area is 132 Å². The smallest absolute Gasteiger partial charge is 0.277 e. The Bertz CT molecular complexity index is 640. The van der Waals surface area contributed by atoms with E-state index in [9.17, 15) is 4.79 Å². The molecule has 0 aromatic carbocycles. The van der Waals surface area contributed by atoms with E-state index in [4.69, 9.17) is 0 Å². The Morgan fingerprint density at radius 3 is 2.59 bits per heavy atom. The molecule has 0 radical (unpaired) electrons. The molecular weight excluding hydrogens is 276 g/mol. The lowest BCUT2D eigenvalue weighted by Crippen LogP contribution is -2.39. The van der Waals surface area contributed by atoms with Gasteiger partial charge in [0.2, 0.25) is 0 Å². The molecule has 0 fully saturated rings. The summed E-state index contributed by atoms with van der Waals surface area (Å²) in [5, 5.41) is 4.37. The number of aryl methyl sites for hydroxylation is 2. The molecular formula is C17H24N4O. The summed E-state index contributed by atoms with van der Waals surface area (Å²) in [7, 11) is 0. The molecule has 0 spiro atoms. The largest absolute Gasteiger partial charge is 0.291 e. The number of carbonyl (C=O) groups is 1. The molecule has 0 bridgehead atoms. The van der Waals surface area contributed by atoms with E-state index in [1.54, 1.807) is 15.8 Å². The number of hydrogen-bond acceptors (Lipinski definition) is 3. The van der Waals surface area contributed by atoms with Crippen LogP contribution >= 0.6 is 0 Å². The van der Waals surface area contributed by atoms with Crippen LogP contribution < -0.4 is 4.90 Å². The van der Waals surface area contributed by atoms with Gasteiger partial charge in [-0.3, -0.25) is 14.4 Å². The molecule has 0 aliphatic rings. The van der Waals surface area contributed by atoms with Gasteiger partial charge in [0.25, 0.3) is 5.91 Å². The van der Waals surface area contributed by atoms with E-state index in [1.807, 2.05) is 38.1 Å². The third kappa shape index (κ3) is 3.72. The minimum atomic E-state index is -0.0592. The number of pyridine rings is 1. The Balaban J connectivity index is 2.42. The number of anilines is 1. The topological polar surface area (TPSA) is 51.0 Å². The van der Waals surface area contributed by atoms with E-state index >= 15 is 0 Å². The van der Waals surface area contributed by atoms with Gasteiger partial charge in [0.05, 0.1) is 5.69 Å². The van der Waals surface area contributed by atoms with Crippen molar-refractivity contribution in [3.8, 4) is 0 Å². The number of hydrogen-bond donors (Lipinski definition) is 0. The first-order chi connectivity index (χ1) is 10.3. The van der Waals surface area contributed by atoms with Crippen LogP contribution in [0.2, 0.25) is 0 Å². The van der Waals surface area contributed by atoms with E-state index in [1.165, 1.54) is 0 Å². The number of rotatable bonds is 4. The van der Waals surface area contributed by atoms with Gasteiger partial charge in [-0.1, -0.05) is 26.8 Å². The third-order valence-corrected chi connectivity index (χ3v) is 3.22. The quantitative estimate of drug-likeness (QED) is 0.870. The Kier molecular flexibility index (Phi) is 4.64. The normalized spacial score (nSPS) is 11.5. The third-order valence-electron chi connectivity index (χ3n) is 3.22.